The van der Waals surface area contributed by atoms with Gasteiger partial charge in [-0.2, -0.15) is 0 Å². The summed E-state index contributed by atoms with van der Waals surface area (Å²) in [6.45, 7) is 2.94. The maximum Gasteiger partial charge on any atom is 0.238 e. The molecule has 1 aliphatic rings. The van der Waals surface area contributed by atoms with E-state index in [-0.39, 0.29) is 11.9 Å². The van der Waals surface area contributed by atoms with Gasteiger partial charge in [0.2, 0.25) is 5.91 Å². The summed E-state index contributed by atoms with van der Waals surface area (Å²) in [5.41, 5.74) is 2.70. The summed E-state index contributed by atoms with van der Waals surface area (Å²) < 4.78 is 0. The number of rotatable bonds is 7. The van der Waals surface area contributed by atoms with E-state index >= 15 is 0 Å². The zero-order chi connectivity index (χ0) is 14.2. The van der Waals surface area contributed by atoms with Gasteiger partial charge in [0.1, 0.15) is 0 Å². The molecular weight excluding hydrogens is 268 g/mol. The fraction of sp³-hybridized carbons (Fsp3) is 0.562. The molecule has 1 aromatic carbocycles. The van der Waals surface area contributed by atoms with Gasteiger partial charge in [-0.05, 0) is 30.4 Å². The zero-order valence-electron chi connectivity index (χ0n) is 12.2. The average Bonchev–Trinajstić information content (AvgIpc) is 3.00. The Labute approximate surface area is 125 Å². The monoisotopic (exact) mass is 292 g/mol. The first-order chi connectivity index (χ1) is 9.79. The van der Waals surface area contributed by atoms with Crippen LogP contribution in [0.3, 0.4) is 0 Å². The summed E-state index contributed by atoms with van der Waals surface area (Å²) in [7, 11) is 0. The highest BCUT2D eigenvalue weighted by Crippen LogP contribution is 2.10. The lowest BCUT2D eigenvalue weighted by atomic mass is 10.0. The van der Waals surface area contributed by atoms with Crippen LogP contribution in [0.1, 0.15) is 30.9 Å². The highest BCUT2D eigenvalue weighted by atomic mass is 32.2. The van der Waals surface area contributed by atoms with Crippen molar-refractivity contribution in [1.29, 1.82) is 0 Å². The summed E-state index contributed by atoms with van der Waals surface area (Å²) >= 11 is 1.78. The normalized spacial score (nSPS) is 18.1. The molecule has 1 saturated heterocycles. The Morgan fingerprint density at radius 3 is 2.60 bits per heavy atom. The summed E-state index contributed by atoms with van der Waals surface area (Å²) in [5, 5.41) is 6.19. The lowest BCUT2D eigenvalue weighted by Gasteiger charge is -2.10. The van der Waals surface area contributed by atoms with Crippen LogP contribution < -0.4 is 10.6 Å². The van der Waals surface area contributed by atoms with Crippen LogP contribution in [0.5, 0.6) is 0 Å². The first kappa shape index (κ1) is 15.4. The zero-order valence-corrected chi connectivity index (χ0v) is 13.0. The molecule has 1 unspecified atom stereocenters. The Kier molecular flexibility index (Phi) is 6.40. The van der Waals surface area contributed by atoms with E-state index in [2.05, 4.69) is 41.8 Å². The number of aryl methyl sites for hydroxylation is 1. The van der Waals surface area contributed by atoms with Crippen LogP contribution in [0.15, 0.2) is 24.3 Å². The molecule has 1 fully saturated rings. The van der Waals surface area contributed by atoms with E-state index in [0.29, 0.717) is 0 Å². The first-order valence-electron chi connectivity index (χ1n) is 7.46. The van der Waals surface area contributed by atoms with E-state index in [4.69, 9.17) is 0 Å². The van der Waals surface area contributed by atoms with Crippen LogP contribution in [0, 0.1) is 0 Å². The number of carbonyl (C=O) groups is 1. The van der Waals surface area contributed by atoms with Gasteiger partial charge in [-0.3, -0.25) is 10.1 Å². The molecule has 4 heteroatoms. The van der Waals surface area contributed by atoms with Gasteiger partial charge in [-0.15, -0.1) is 11.8 Å². The van der Waals surface area contributed by atoms with E-state index in [1.54, 1.807) is 11.8 Å². The molecule has 2 N–H and O–H groups in total. The van der Waals surface area contributed by atoms with Crippen LogP contribution in [0.2, 0.25) is 0 Å². The molecular formula is C16H24N2OS. The number of thioether (sulfide) groups is 1. The Hall–Kier alpha value is -1.00. The van der Waals surface area contributed by atoms with Crippen molar-refractivity contribution < 1.29 is 4.79 Å². The third kappa shape index (κ3) is 4.84. The molecule has 1 amide bonds. The van der Waals surface area contributed by atoms with Crippen LogP contribution in [0.4, 0.5) is 0 Å². The summed E-state index contributed by atoms with van der Waals surface area (Å²) in [6.07, 6.45) is 4.56. The molecule has 0 saturated carbocycles. The second-order valence-corrected chi connectivity index (χ2v) is 6.26. The van der Waals surface area contributed by atoms with Crippen molar-refractivity contribution in [3.8, 4) is 0 Å². The Morgan fingerprint density at radius 1 is 1.30 bits per heavy atom. The van der Waals surface area contributed by atoms with Crippen LogP contribution in [0.25, 0.3) is 0 Å². The lowest BCUT2D eigenvalue weighted by molar-refractivity contribution is -0.122. The van der Waals surface area contributed by atoms with Crippen molar-refractivity contribution in [2.75, 3.05) is 18.2 Å². The maximum absolute atomic E-state index is 11.8. The molecule has 110 valence electrons. The highest BCUT2D eigenvalue weighted by Gasteiger charge is 2.21. The van der Waals surface area contributed by atoms with Gasteiger partial charge in [-0.1, -0.05) is 37.6 Å². The molecule has 20 heavy (non-hydrogen) atoms. The van der Waals surface area contributed by atoms with Crippen LogP contribution in [-0.4, -0.2) is 30.1 Å². The molecule has 0 spiro atoms. The van der Waals surface area contributed by atoms with E-state index in [1.165, 1.54) is 30.4 Å². The summed E-state index contributed by atoms with van der Waals surface area (Å²) in [6, 6.07) is 8.78. The molecule has 1 aromatic rings. The van der Waals surface area contributed by atoms with Gasteiger partial charge in [0.05, 0.1) is 6.04 Å². The van der Waals surface area contributed by atoms with Crippen LogP contribution >= 0.6 is 11.8 Å². The molecule has 3 nitrogen and oxygen atoms in total. The van der Waals surface area contributed by atoms with Crippen molar-refractivity contribution in [2.45, 2.75) is 38.6 Å². The van der Waals surface area contributed by atoms with E-state index < -0.39 is 0 Å². The number of hydrogen-bond acceptors (Lipinski definition) is 3. The number of amides is 1. The molecule has 1 atom stereocenters. The number of carbonyl (C=O) groups excluding carboxylic acids is 1. The van der Waals surface area contributed by atoms with Crippen molar-refractivity contribution in [2.24, 2.45) is 0 Å². The third-order valence-electron chi connectivity index (χ3n) is 3.59. The summed E-state index contributed by atoms with van der Waals surface area (Å²) in [4.78, 5) is 11.8. The molecule has 0 radical (unpaired) electrons. The van der Waals surface area contributed by atoms with E-state index in [0.717, 1.165) is 24.6 Å². The molecule has 0 aromatic heterocycles. The van der Waals surface area contributed by atoms with Gasteiger partial charge in [0.25, 0.3) is 0 Å². The Balaban J connectivity index is 1.69. The third-order valence-corrected chi connectivity index (χ3v) is 4.53. The fourth-order valence-electron chi connectivity index (χ4n) is 2.27. The minimum atomic E-state index is -0.00331. The maximum atomic E-state index is 11.8. The minimum Gasteiger partial charge on any atom is -0.354 e. The van der Waals surface area contributed by atoms with Gasteiger partial charge in [0, 0.05) is 18.2 Å². The van der Waals surface area contributed by atoms with Crippen molar-refractivity contribution in [3.05, 3.63) is 35.4 Å². The largest absolute Gasteiger partial charge is 0.354 e. The Morgan fingerprint density at radius 2 is 2.00 bits per heavy atom. The van der Waals surface area contributed by atoms with Gasteiger partial charge in [0.15, 0.2) is 0 Å². The van der Waals surface area contributed by atoms with Gasteiger partial charge >= 0.3 is 0 Å². The number of hydrogen-bond donors (Lipinski definition) is 2. The second kappa shape index (κ2) is 8.32. The van der Waals surface area contributed by atoms with E-state index in [9.17, 15) is 4.79 Å². The minimum absolute atomic E-state index is 0.00331. The van der Waals surface area contributed by atoms with Crippen molar-refractivity contribution in [3.63, 3.8) is 0 Å². The number of benzene rings is 1. The standard InChI is InChI=1S/C16H24N2OS/c1-2-3-4-13-5-7-14(8-6-13)9-10-17-16(19)15-11-20-12-18-15/h5-8,15,18H,2-4,9-12H2,1H3,(H,17,19). The van der Waals surface area contributed by atoms with Gasteiger partial charge < -0.3 is 5.32 Å². The smallest absolute Gasteiger partial charge is 0.238 e. The fourth-order valence-corrected chi connectivity index (χ4v) is 3.21. The number of unbranched alkanes of at least 4 members (excludes halogenated alkanes) is 1. The molecule has 2 rings (SSSR count). The lowest BCUT2D eigenvalue weighted by Crippen LogP contribution is -2.42. The highest BCUT2D eigenvalue weighted by molar-refractivity contribution is 7.99. The predicted octanol–water partition coefficient (Wildman–Crippen LogP) is 2.35. The van der Waals surface area contributed by atoms with E-state index in [1.807, 2.05) is 0 Å². The first-order valence-corrected chi connectivity index (χ1v) is 8.61. The van der Waals surface area contributed by atoms with Crippen LogP contribution in [-0.2, 0) is 17.6 Å². The average molecular weight is 292 g/mol. The summed E-state index contributed by atoms with van der Waals surface area (Å²) in [5.74, 6) is 1.91. The second-order valence-electron chi connectivity index (χ2n) is 5.23. The molecule has 0 aliphatic carbocycles. The molecule has 0 bridgehead atoms. The Bertz CT molecular complexity index is 413. The molecule has 1 aliphatic heterocycles. The van der Waals surface area contributed by atoms with Crippen molar-refractivity contribution in [1.82, 2.24) is 10.6 Å². The predicted molar refractivity (Wildman–Crippen MR) is 86.0 cm³/mol. The quantitative estimate of drug-likeness (QED) is 0.810. The van der Waals surface area contributed by atoms with Gasteiger partial charge in [-0.25, -0.2) is 0 Å². The molecule has 1 heterocycles. The SMILES string of the molecule is CCCCc1ccc(CCNC(=O)C2CSCN2)cc1. The topological polar surface area (TPSA) is 41.1 Å². The van der Waals surface area contributed by atoms with Crippen molar-refractivity contribution >= 4 is 17.7 Å². The number of nitrogens with one attached hydrogen (secondary N) is 2.